The molecule has 24 heavy (non-hydrogen) atoms. The van der Waals surface area contributed by atoms with Crippen LogP contribution in [0.25, 0.3) is 0 Å². The molecule has 6 heteroatoms. The van der Waals surface area contributed by atoms with E-state index in [4.69, 9.17) is 9.47 Å². The van der Waals surface area contributed by atoms with Gasteiger partial charge in [0.2, 0.25) is 12.7 Å². The van der Waals surface area contributed by atoms with Crippen LogP contribution < -0.4 is 19.7 Å². The molecule has 0 amide bonds. The van der Waals surface area contributed by atoms with Gasteiger partial charge in [0, 0.05) is 43.6 Å². The summed E-state index contributed by atoms with van der Waals surface area (Å²) in [5, 5.41) is 3.51. The third kappa shape index (κ3) is 3.14. The fourth-order valence-electron chi connectivity index (χ4n) is 3.09. The van der Waals surface area contributed by atoms with Crippen LogP contribution in [0.2, 0.25) is 0 Å². The van der Waals surface area contributed by atoms with Crippen molar-refractivity contribution in [1.82, 2.24) is 15.3 Å². The van der Waals surface area contributed by atoms with Crippen molar-refractivity contribution in [2.75, 3.05) is 24.8 Å². The quantitative estimate of drug-likeness (QED) is 0.911. The van der Waals surface area contributed by atoms with Gasteiger partial charge in [0.25, 0.3) is 0 Å². The van der Waals surface area contributed by atoms with E-state index < -0.39 is 0 Å². The van der Waals surface area contributed by atoms with Gasteiger partial charge in [-0.25, -0.2) is 9.97 Å². The summed E-state index contributed by atoms with van der Waals surface area (Å²) in [6.45, 7) is 5.31. The van der Waals surface area contributed by atoms with E-state index >= 15 is 0 Å². The van der Waals surface area contributed by atoms with Crippen LogP contribution in [0.15, 0.2) is 30.6 Å². The zero-order valence-electron chi connectivity index (χ0n) is 13.9. The maximum atomic E-state index is 5.44. The number of hydrogen-bond acceptors (Lipinski definition) is 6. The molecule has 1 aromatic carbocycles. The van der Waals surface area contributed by atoms with Crippen molar-refractivity contribution in [3.63, 3.8) is 0 Å². The first-order valence-corrected chi connectivity index (χ1v) is 8.48. The minimum Gasteiger partial charge on any atom is -0.454 e. The highest BCUT2D eigenvalue weighted by Gasteiger charge is 2.16. The second-order valence-corrected chi connectivity index (χ2v) is 6.30. The molecule has 1 fully saturated rings. The lowest BCUT2D eigenvalue weighted by molar-refractivity contribution is 0.174. The Bertz CT molecular complexity index is 699. The molecule has 0 radical (unpaired) electrons. The predicted octanol–water partition coefficient (Wildman–Crippen LogP) is 2.66. The van der Waals surface area contributed by atoms with Gasteiger partial charge in [0.1, 0.15) is 0 Å². The lowest BCUT2D eigenvalue weighted by atomic mass is 10.1. The van der Waals surface area contributed by atoms with E-state index in [0.717, 1.165) is 42.6 Å². The Hall–Kier alpha value is -2.34. The summed E-state index contributed by atoms with van der Waals surface area (Å²) in [5.41, 5.74) is 2.26. The van der Waals surface area contributed by atoms with Crippen LogP contribution in [-0.4, -0.2) is 29.9 Å². The molecule has 0 aliphatic carbocycles. The molecule has 4 rings (SSSR count). The zero-order valence-corrected chi connectivity index (χ0v) is 13.9. The molecule has 2 aromatic rings. The van der Waals surface area contributed by atoms with E-state index in [-0.39, 0.29) is 6.04 Å². The van der Waals surface area contributed by atoms with Gasteiger partial charge in [-0.15, -0.1) is 0 Å². The SMILES string of the molecule is C[C@@H](NCc1cnc(N2CCCC2)nc1)c1ccc2c(c1)OCO2. The minimum atomic E-state index is 0.206. The molecule has 0 saturated carbocycles. The van der Waals surface area contributed by atoms with Gasteiger partial charge in [-0.3, -0.25) is 0 Å². The number of nitrogens with one attached hydrogen (secondary N) is 1. The molecule has 1 saturated heterocycles. The third-order valence-electron chi connectivity index (χ3n) is 4.59. The Morgan fingerprint density at radius 1 is 1.12 bits per heavy atom. The molecule has 126 valence electrons. The van der Waals surface area contributed by atoms with Crippen molar-refractivity contribution >= 4 is 5.95 Å². The third-order valence-corrected chi connectivity index (χ3v) is 4.59. The second kappa shape index (κ2) is 6.65. The van der Waals surface area contributed by atoms with Crippen molar-refractivity contribution in [3.8, 4) is 11.5 Å². The summed E-state index contributed by atoms with van der Waals surface area (Å²) >= 11 is 0. The van der Waals surface area contributed by atoms with Crippen molar-refractivity contribution in [3.05, 3.63) is 41.7 Å². The molecule has 0 unspecified atom stereocenters. The number of fused-ring (bicyclic) bond motifs is 1. The smallest absolute Gasteiger partial charge is 0.231 e. The Kier molecular flexibility index (Phi) is 4.21. The predicted molar refractivity (Wildman–Crippen MR) is 91.3 cm³/mol. The Morgan fingerprint density at radius 3 is 2.67 bits per heavy atom. The number of aromatic nitrogens is 2. The number of hydrogen-bond donors (Lipinski definition) is 1. The van der Waals surface area contributed by atoms with Crippen molar-refractivity contribution < 1.29 is 9.47 Å². The lowest BCUT2D eigenvalue weighted by Crippen LogP contribution is -2.21. The summed E-state index contributed by atoms with van der Waals surface area (Å²) in [7, 11) is 0. The highest BCUT2D eigenvalue weighted by molar-refractivity contribution is 5.45. The van der Waals surface area contributed by atoms with E-state index in [1.807, 2.05) is 24.5 Å². The van der Waals surface area contributed by atoms with Crippen LogP contribution in [0.1, 0.15) is 36.9 Å². The summed E-state index contributed by atoms with van der Waals surface area (Å²) in [4.78, 5) is 11.2. The van der Waals surface area contributed by atoms with Gasteiger partial charge < -0.3 is 19.7 Å². The molecule has 1 aromatic heterocycles. The van der Waals surface area contributed by atoms with Gasteiger partial charge in [0.15, 0.2) is 11.5 Å². The highest BCUT2D eigenvalue weighted by Crippen LogP contribution is 2.34. The van der Waals surface area contributed by atoms with Crippen LogP contribution >= 0.6 is 0 Å². The van der Waals surface area contributed by atoms with Crippen LogP contribution in [0.4, 0.5) is 5.95 Å². The Balaban J connectivity index is 1.35. The summed E-state index contributed by atoms with van der Waals surface area (Å²) < 4.78 is 10.8. The maximum absolute atomic E-state index is 5.44. The summed E-state index contributed by atoms with van der Waals surface area (Å²) in [6, 6.07) is 6.27. The highest BCUT2D eigenvalue weighted by atomic mass is 16.7. The first-order valence-electron chi connectivity index (χ1n) is 8.48. The molecular weight excluding hydrogens is 304 g/mol. The van der Waals surface area contributed by atoms with Gasteiger partial charge >= 0.3 is 0 Å². The second-order valence-electron chi connectivity index (χ2n) is 6.30. The molecular formula is C18H22N4O2. The molecule has 0 spiro atoms. The topological polar surface area (TPSA) is 59.5 Å². The van der Waals surface area contributed by atoms with E-state index in [0.29, 0.717) is 6.79 Å². The van der Waals surface area contributed by atoms with Crippen molar-refractivity contribution in [2.45, 2.75) is 32.4 Å². The Morgan fingerprint density at radius 2 is 1.88 bits per heavy atom. The van der Waals surface area contributed by atoms with Crippen molar-refractivity contribution in [2.24, 2.45) is 0 Å². The first kappa shape index (κ1) is 15.2. The van der Waals surface area contributed by atoms with Crippen molar-refractivity contribution in [1.29, 1.82) is 0 Å². The molecule has 1 atom stereocenters. The first-order chi connectivity index (χ1) is 11.8. The fraction of sp³-hybridized carbons (Fsp3) is 0.444. The molecule has 3 heterocycles. The monoisotopic (exact) mass is 326 g/mol. The molecule has 2 aliphatic rings. The largest absolute Gasteiger partial charge is 0.454 e. The van der Waals surface area contributed by atoms with E-state index in [1.165, 1.54) is 18.4 Å². The molecule has 1 N–H and O–H groups in total. The van der Waals surface area contributed by atoms with Gasteiger partial charge in [-0.1, -0.05) is 6.07 Å². The average Bonchev–Trinajstić information content (AvgIpc) is 3.30. The van der Waals surface area contributed by atoms with Crippen LogP contribution in [0.3, 0.4) is 0 Å². The summed E-state index contributed by atoms with van der Waals surface area (Å²) in [5.74, 6) is 2.48. The van der Waals surface area contributed by atoms with Gasteiger partial charge in [0.05, 0.1) is 0 Å². The lowest BCUT2D eigenvalue weighted by Gasteiger charge is -2.16. The normalized spacial score (nSPS) is 17.3. The van der Waals surface area contributed by atoms with Gasteiger partial charge in [-0.2, -0.15) is 0 Å². The average molecular weight is 326 g/mol. The van der Waals surface area contributed by atoms with E-state index in [2.05, 4.69) is 33.2 Å². The number of rotatable bonds is 5. The molecule has 2 aliphatic heterocycles. The maximum Gasteiger partial charge on any atom is 0.231 e. The number of ether oxygens (including phenoxy) is 2. The summed E-state index contributed by atoms with van der Waals surface area (Å²) in [6.07, 6.45) is 6.31. The molecule has 0 bridgehead atoms. The van der Waals surface area contributed by atoms with Crippen LogP contribution in [-0.2, 0) is 6.54 Å². The minimum absolute atomic E-state index is 0.206. The number of nitrogens with zero attached hydrogens (tertiary/aromatic N) is 3. The number of benzene rings is 1. The van der Waals surface area contributed by atoms with Crippen LogP contribution in [0, 0.1) is 0 Å². The standard InChI is InChI=1S/C18H22N4O2/c1-13(15-4-5-16-17(8-15)24-12-23-16)19-9-14-10-20-18(21-11-14)22-6-2-3-7-22/h4-5,8,10-11,13,19H,2-3,6-7,9,12H2,1H3/t13-/m1/s1. The fourth-order valence-corrected chi connectivity index (χ4v) is 3.09. The zero-order chi connectivity index (χ0) is 16.4. The number of anilines is 1. The van der Waals surface area contributed by atoms with E-state index in [1.54, 1.807) is 0 Å². The van der Waals surface area contributed by atoms with Crippen LogP contribution in [0.5, 0.6) is 11.5 Å². The van der Waals surface area contributed by atoms with E-state index in [9.17, 15) is 0 Å². The van der Waals surface area contributed by atoms with Gasteiger partial charge in [-0.05, 0) is 37.5 Å². The Labute approximate surface area is 141 Å². The molecule has 6 nitrogen and oxygen atoms in total.